The Morgan fingerprint density at radius 3 is 2.63 bits per heavy atom. The van der Waals surface area contributed by atoms with E-state index in [0.717, 1.165) is 55.0 Å². The van der Waals surface area contributed by atoms with E-state index in [1.54, 1.807) is 6.20 Å². The van der Waals surface area contributed by atoms with Crippen LogP contribution in [0.25, 0.3) is 22.8 Å². The van der Waals surface area contributed by atoms with E-state index < -0.39 is 0 Å². The van der Waals surface area contributed by atoms with Gasteiger partial charge >= 0.3 is 0 Å². The highest BCUT2D eigenvalue weighted by Gasteiger charge is 2.20. The fourth-order valence-corrected chi connectivity index (χ4v) is 4.25. The van der Waals surface area contributed by atoms with Gasteiger partial charge in [-0.3, -0.25) is 9.88 Å². The van der Waals surface area contributed by atoms with Gasteiger partial charge in [0.2, 0.25) is 5.82 Å². The van der Waals surface area contributed by atoms with Gasteiger partial charge in [0.1, 0.15) is 5.75 Å². The number of benzene rings is 2. The third-order valence-corrected chi connectivity index (χ3v) is 6.36. The van der Waals surface area contributed by atoms with Crippen molar-refractivity contribution in [3.8, 4) is 34.7 Å². The molecule has 2 aromatic carbocycles. The molecule has 1 aliphatic rings. The Hall–Kier alpha value is -4.02. The zero-order chi connectivity index (χ0) is 24.0. The van der Waals surface area contributed by atoms with Crippen LogP contribution in [-0.2, 0) is 6.54 Å². The summed E-state index contributed by atoms with van der Waals surface area (Å²) in [5.74, 6) is 2.31. The van der Waals surface area contributed by atoms with Crippen LogP contribution in [0.3, 0.4) is 0 Å². The zero-order valence-corrected chi connectivity index (χ0v) is 19.7. The number of rotatable bonds is 7. The maximum atomic E-state index is 8.95. The molecule has 1 fully saturated rings. The van der Waals surface area contributed by atoms with Crippen LogP contribution in [0.15, 0.2) is 71.4 Å². The van der Waals surface area contributed by atoms with Gasteiger partial charge in [0.05, 0.1) is 18.2 Å². The Balaban J connectivity index is 1.13. The van der Waals surface area contributed by atoms with Crippen molar-refractivity contribution in [2.75, 3.05) is 19.7 Å². The fourth-order valence-electron chi connectivity index (χ4n) is 4.25. The number of hydrogen-bond donors (Lipinski definition) is 0. The summed E-state index contributed by atoms with van der Waals surface area (Å²) in [5.41, 5.74) is 4.55. The smallest absolute Gasteiger partial charge is 0.258 e. The molecule has 176 valence electrons. The van der Waals surface area contributed by atoms with Crippen LogP contribution < -0.4 is 4.74 Å². The van der Waals surface area contributed by atoms with Gasteiger partial charge in [0, 0.05) is 29.6 Å². The van der Waals surface area contributed by atoms with Crippen LogP contribution in [-0.4, -0.2) is 39.7 Å². The minimum absolute atomic E-state index is 0.460. The monoisotopic (exact) mass is 465 g/mol. The number of nitrogens with zero attached hydrogens (tertiary/aromatic N) is 5. The molecule has 4 aromatic rings. The zero-order valence-electron chi connectivity index (χ0n) is 19.7. The van der Waals surface area contributed by atoms with Gasteiger partial charge in [-0.2, -0.15) is 10.2 Å². The van der Waals surface area contributed by atoms with Crippen molar-refractivity contribution in [3.63, 3.8) is 0 Å². The predicted octanol–water partition coefficient (Wildman–Crippen LogP) is 5.27. The second kappa shape index (κ2) is 10.5. The highest BCUT2D eigenvalue weighted by atomic mass is 16.5. The number of piperidine rings is 1. The molecule has 2 aromatic heterocycles. The third-order valence-electron chi connectivity index (χ3n) is 6.36. The summed E-state index contributed by atoms with van der Waals surface area (Å²) in [5, 5.41) is 13.1. The molecule has 0 saturated carbocycles. The molecule has 1 saturated heterocycles. The molecule has 0 aliphatic carbocycles. The van der Waals surface area contributed by atoms with Crippen molar-refractivity contribution < 1.29 is 9.26 Å². The molecule has 7 heteroatoms. The lowest BCUT2D eigenvalue weighted by atomic mass is 9.97. The lowest BCUT2D eigenvalue weighted by Gasteiger charge is -2.31. The second-order valence-electron chi connectivity index (χ2n) is 8.98. The largest absolute Gasteiger partial charge is 0.493 e. The molecule has 0 bridgehead atoms. The van der Waals surface area contributed by atoms with Crippen molar-refractivity contribution in [3.05, 3.63) is 83.7 Å². The normalized spacial score (nSPS) is 14.5. The average molecular weight is 466 g/mol. The Labute approximate surface area is 205 Å². The van der Waals surface area contributed by atoms with Crippen LogP contribution >= 0.6 is 0 Å². The predicted molar refractivity (Wildman–Crippen MR) is 132 cm³/mol. The van der Waals surface area contributed by atoms with E-state index in [1.807, 2.05) is 67.6 Å². The minimum Gasteiger partial charge on any atom is -0.493 e. The van der Waals surface area contributed by atoms with Crippen LogP contribution in [0, 0.1) is 24.2 Å². The van der Waals surface area contributed by atoms with E-state index in [9.17, 15) is 0 Å². The number of nitriles is 1. The molecule has 0 atom stereocenters. The second-order valence-corrected chi connectivity index (χ2v) is 8.98. The van der Waals surface area contributed by atoms with Gasteiger partial charge in [-0.1, -0.05) is 23.4 Å². The average Bonchev–Trinajstić information content (AvgIpc) is 3.40. The Bertz CT molecular complexity index is 1300. The molecule has 0 unspecified atom stereocenters. The van der Waals surface area contributed by atoms with E-state index in [2.05, 4.69) is 26.1 Å². The number of aromatic nitrogens is 3. The maximum Gasteiger partial charge on any atom is 0.258 e. The number of hydrogen-bond acceptors (Lipinski definition) is 7. The van der Waals surface area contributed by atoms with Gasteiger partial charge < -0.3 is 9.26 Å². The van der Waals surface area contributed by atoms with Crippen molar-refractivity contribution in [1.29, 1.82) is 5.26 Å². The van der Waals surface area contributed by atoms with Crippen LogP contribution in [0.2, 0.25) is 0 Å². The molecule has 0 N–H and O–H groups in total. The van der Waals surface area contributed by atoms with Gasteiger partial charge in [-0.05, 0) is 86.8 Å². The minimum atomic E-state index is 0.460. The molecule has 3 heterocycles. The van der Waals surface area contributed by atoms with Crippen LogP contribution in [0.1, 0.15) is 29.7 Å². The van der Waals surface area contributed by atoms with Crippen molar-refractivity contribution in [2.45, 2.75) is 26.3 Å². The first-order valence-corrected chi connectivity index (χ1v) is 11.9. The number of ether oxygens (including phenoxy) is 1. The number of likely N-dealkylation sites (tertiary alicyclic amines) is 1. The summed E-state index contributed by atoms with van der Waals surface area (Å²) in [6.07, 6.45) is 3.96. The quantitative estimate of drug-likeness (QED) is 0.367. The van der Waals surface area contributed by atoms with E-state index in [-0.39, 0.29) is 0 Å². The van der Waals surface area contributed by atoms with Crippen molar-refractivity contribution in [1.82, 2.24) is 20.0 Å². The van der Waals surface area contributed by atoms with E-state index in [0.29, 0.717) is 29.8 Å². The molecule has 0 spiro atoms. The van der Waals surface area contributed by atoms with Gasteiger partial charge in [0.15, 0.2) is 0 Å². The van der Waals surface area contributed by atoms with Crippen LogP contribution in [0.5, 0.6) is 5.75 Å². The first-order valence-electron chi connectivity index (χ1n) is 11.9. The molecule has 7 nitrogen and oxygen atoms in total. The van der Waals surface area contributed by atoms with Crippen molar-refractivity contribution in [2.24, 2.45) is 5.92 Å². The van der Waals surface area contributed by atoms with E-state index in [1.165, 1.54) is 5.56 Å². The standard InChI is InChI=1S/C28H27N5O2/c1-20-5-10-25(17-30-20)27-31-28(35-32-27)24-3-2-4-26(15-24)34-19-23-11-13-33(14-12-23)18-22-8-6-21(16-29)7-9-22/h2-10,15,17,23H,11-14,18-19H2,1H3. The molecule has 0 amide bonds. The first-order chi connectivity index (χ1) is 17.2. The van der Waals surface area contributed by atoms with Crippen LogP contribution in [0.4, 0.5) is 0 Å². The van der Waals surface area contributed by atoms with Gasteiger partial charge in [-0.15, -0.1) is 0 Å². The van der Waals surface area contributed by atoms with E-state index in [4.69, 9.17) is 14.5 Å². The number of pyridine rings is 1. The SMILES string of the molecule is Cc1ccc(-c2noc(-c3cccc(OCC4CCN(Cc5ccc(C#N)cc5)CC4)c3)n2)cn1. The summed E-state index contributed by atoms with van der Waals surface area (Å²) in [7, 11) is 0. The maximum absolute atomic E-state index is 8.95. The number of aryl methyl sites for hydroxylation is 1. The van der Waals surface area contributed by atoms with Crippen molar-refractivity contribution >= 4 is 0 Å². The van der Waals surface area contributed by atoms with Gasteiger partial charge in [0.25, 0.3) is 5.89 Å². The fraction of sp³-hybridized carbons (Fsp3) is 0.286. The summed E-state index contributed by atoms with van der Waals surface area (Å²) in [6.45, 7) is 5.65. The Morgan fingerprint density at radius 1 is 1.06 bits per heavy atom. The Morgan fingerprint density at radius 2 is 1.89 bits per heavy atom. The topological polar surface area (TPSA) is 88.1 Å². The third kappa shape index (κ3) is 5.73. The summed E-state index contributed by atoms with van der Waals surface area (Å²) in [6, 6.07) is 21.7. The summed E-state index contributed by atoms with van der Waals surface area (Å²) < 4.78 is 11.6. The van der Waals surface area contributed by atoms with E-state index >= 15 is 0 Å². The molecule has 1 aliphatic heterocycles. The highest BCUT2D eigenvalue weighted by Crippen LogP contribution is 2.26. The lowest BCUT2D eigenvalue weighted by Crippen LogP contribution is -2.35. The van der Waals surface area contributed by atoms with Gasteiger partial charge in [-0.25, -0.2) is 0 Å². The molecule has 35 heavy (non-hydrogen) atoms. The lowest BCUT2D eigenvalue weighted by molar-refractivity contribution is 0.137. The summed E-state index contributed by atoms with van der Waals surface area (Å²) in [4.78, 5) is 11.3. The first kappa shape index (κ1) is 22.8. The highest BCUT2D eigenvalue weighted by molar-refractivity contribution is 5.60. The molecule has 0 radical (unpaired) electrons. The molecular formula is C28H27N5O2. The summed E-state index contributed by atoms with van der Waals surface area (Å²) >= 11 is 0. The Kier molecular flexibility index (Phi) is 6.82. The molecular weight excluding hydrogens is 438 g/mol. The molecule has 5 rings (SSSR count).